The van der Waals surface area contributed by atoms with Crippen molar-refractivity contribution in [2.75, 3.05) is 13.7 Å². The third kappa shape index (κ3) is 8.87. The highest BCUT2D eigenvalue weighted by Crippen LogP contribution is 2.16. The number of hydrogen-bond donors (Lipinski definition) is 0. The SMILES string of the molecule is COCCCCC(=O)c1ccc(Cc2ncc3cc(C#CCCC(=O)c4cncn(Cc5ccc(F)c(F)c5)c4=O)ccc3n2)cc1. The zero-order chi connectivity index (χ0) is 33.2. The van der Waals surface area contributed by atoms with E-state index in [0.717, 1.165) is 47.0 Å². The van der Waals surface area contributed by atoms with E-state index in [-0.39, 0.29) is 30.7 Å². The van der Waals surface area contributed by atoms with E-state index in [1.807, 2.05) is 42.5 Å². The van der Waals surface area contributed by atoms with Crippen LogP contribution in [0.3, 0.4) is 0 Å². The molecule has 0 saturated heterocycles. The Bertz CT molecular complexity index is 2030. The number of hydrogen-bond acceptors (Lipinski definition) is 7. The normalized spacial score (nSPS) is 10.9. The minimum absolute atomic E-state index is 0.0166. The molecule has 0 bridgehead atoms. The molecule has 0 radical (unpaired) electrons. The number of ether oxygens (including phenoxy) is 1. The standard InChI is InChI=1S/C37H32F2N4O4/c1-47-17-5-4-7-34(44)28-13-9-26(10-14-28)20-36-41-21-29-18-25(12-16-33(29)42-36)6-2-3-8-35(45)30-22-40-24-43(37(30)46)23-27-11-15-31(38)32(39)19-27/h9-16,18-19,21-22,24H,3-5,7-8,17,20,23H2,1H3. The van der Waals surface area contributed by atoms with Crippen LogP contribution in [0.1, 0.15) is 75.3 Å². The average Bonchev–Trinajstić information content (AvgIpc) is 3.08. The van der Waals surface area contributed by atoms with Crippen LogP contribution in [0, 0.1) is 23.5 Å². The molecule has 0 unspecified atom stereocenters. The average molecular weight is 635 g/mol. The van der Waals surface area contributed by atoms with Gasteiger partial charge in [0.05, 0.1) is 18.4 Å². The summed E-state index contributed by atoms with van der Waals surface area (Å²) < 4.78 is 33.0. The molecule has 0 amide bonds. The molecule has 0 fully saturated rings. The summed E-state index contributed by atoms with van der Waals surface area (Å²) in [4.78, 5) is 51.1. The van der Waals surface area contributed by atoms with Crippen LogP contribution in [0.15, 0.2) is 84.2 Å². The van der Waals surface area contributed by atoms with E-state index < -0.39 is 23.0 Å². The molecule has 8 nitrogen and oxygen atoms in total. The highest BCUT2D eigenvalue weighted by atomic mass is 19.2. The minimum Gasteiger partial charge on any atom is -0.385 e. The molecular formula is C37H32F2N4O4. The third-order valence-corrected chi connectivity index (χ3v) is 7.52. The summed E-state index contributed by atoms with van der Waals surface area (Å²) in [5.41, 5.74) is 2.92. The van der Waals surface area contributed by atoms with Gasteiger partial charge in [0.15, 0.2) is 23.2 Å². The second-order valence-corrected chi connectivity index (χ2v) is 11.0. The van der Waals surface area contributed by atoms with Gasteiger partial charge in [0.1, 0.15) is 11.4 Å². The lowest BCUT2D eigenvalue weighted by atomic mass is 10.0. The number of methoxy groups -OCH3 is 1. The summed E-state index contributed by atoms with van der Waals surface area (Å²) in [6.07, 6.45) is 7.14. The van der Waals surface area contributed by atoms with Crippen molar-refractivity contribution in [2.45, 2.75) is 45.1 Å². The number of ketones is 2. The summed E-state index contributed by atoms with van der Waals surface area (Å²) in [6, 6.07) is 16.5. The van der Waals surface area contributed by atoms with Crippen LogP contribution in [0.25, 0.3) is 10.9 Å². The molecule has 5 aromatic rings. The largest absolute Gasteiger partial charge is 0.385 e. The quantitative estimate of drug-likeness (QED) is 0.0874. The number of carbonyl (C=O) groups is 2. The van der Waals surface area contributed by atoms with E-state index in [2.05, 4.69) is 26.8 Å². The lowest BCUT2D eigenvalue weighted by molar-refractivity contribution is 0.0969. The number of Topliss-reactive ketones (excluding diaryl/α,β-unsaturated/α-hetero) is 2. The third-order valence-electron chi connectivity index (χ3n) is 7.52. The van der Waals surface area contributed by atoms with Gasteiger partial charge in [-0.2, -0.15) is 0 Å². The Hall–Kier alpha value is -5.40. The first-order valence-corrected chi connectivity index (χ1v) is 15.2. The van der Waals surface area contributed by atoms with Gasteiger partial charge in [-0.3, -0.25) is 19.0 Å². The number of unbranched alkanes of at least 4 members (excludes halogenated alkanes) is 1. The van der Waals surface area contributed by atoms with Crippen molar-refractivity contribution >= 4 is 22.5 Å². The summed E-state index contributed by atoms with van der Waals surface area (Å²) in [5.74, 6) is 4.40. The van der Waals surface area contributed by atoms with Crippen molar-refractivity contribution in [3.05, 3.63) is 135 Å². The number of fused-ring (bicyclic) bond motifs is 1. The number of rotatable bonds is 13. The molecule has 0 aliphatic heterocycles. The van der Waals surface area contributed by atoms with Crippen molar-refractivity contribution in [1.82, 2.24) is 19.5 Å². The van der Waals surface area contributed by atoms with Crippen LogP contribution in [-0.2, 0) is 17.7 Å². The minimum atomic E-state index is -1.02. The number of nitrogens with zero attached hydrogens (tertiary/aromatic N) is 4. The van der Waals surface area contributed by atoms with Gasteiger partial charge in [0.25, 0.3) is 5.56 Å². The molecule has 0 spiro atoms. The fraction of sp³-hybridized carbons (Fsp3) is 0.243. The number of aromatic nitrogens is 4. The van der Waals surface area contributed by atoms with E-state index >= 15 is 0 Å². The van der Waals surface area contributed by atoms with Crippen molar-refractivity contribution in [3.8, 4) is 11.8 Å². The van der Waals surface area contributed by atoms with Crippen LogP contribution >= 0.6 is 0 Å². The summed E-state index contributed by atoms with van der Waals surface area (Å²) in [5, 5.41) is 0.822. The predicted octanol–water partition coefficient (Wildman–Crippen LogP) is 6.12. The van der Waals surface area contributed by atoms with E-state index in [9.17, 15) is 23.2 Å². The fourth-order valence-electron chi connectivity index (χ4n) is 4.97. The van der Waals surface area contributed by atoms with Crippen LogP contribution in [0.2, 0.25) is 0 Å². The predicted molar refractivity (Wildman–Crippen MR) is 173 cm³/mol. The smallest absolute Gasteiger partial charge is 0.264 e. The zero-order valence-corrected chi connectivity index (χ0v) is 25.8. The van der Waals surface area contributed by atoms with Crippen molar-refractivity contribution in [3.63, 3.8) is 0 Å². The first-order chi connectivity index (χ1) is 22.8. The summed E-state index contributed by atoms with van der Waals surface area (Å²) in [6.45, 7) is 0.603. The molecule has 3 aromatic carbocycles. The Morgan fingerprint density at radius 2 is 1.70 bits per heavy atom. The Balaban J connectivity index is 1.15. The van der Waals surface area contributed by atoms with E-state index in [1.165, 1.54) is 23.2 Å². The molecule has 2 heterocycles. The van der Waals surface area contributed by atoms with Crippen LogP contribution in [-0.4, -0.2) is 44.8 Å². The molecule has 0 saturated carbocycles. The van der Waals surface area contributed by atoms with Crippen molar-refractivity contribution in [1.29, 1.82) is 0 Å². The van der Waals surface area contributed by atoms with Gasteiger partial charge in [0.2, 0.25) is 0 Å². The lowest BCUT2D eigenvalue weighted by Crippen LogP contribution is -2.27. The van der Waals surface area contributed by atoms with Gasteiger partial charge in [0, 0.05) is 68.3 Å². The van der Waals surface area contributed by atoms with E-state index in [1.54, 1.807) is 13.3 Å². The molecule has 238 valence electrons. The summed E-state index contributed by atoms with van der Waals surface area (Å²) in [7, 11) is 1.65. The van der Waals surface area contributed by atoms with Gasteiger partial charge in [-0.25, -0.2) is 23.7 Å². The van der Waals surface area contributed by atoms with Crippen LogP contribution in [0.5, 0.6) is 0 Å². The fourth-order valence-corrected chi connectivity index (χ4v) is 4.97. The highest BCUT2D eigenvalue weighted by molar-refractivity contribution is 5.96. The van der Waals surface area contributed by atoms with Gasteiger partial charge < -0.3 is 4.74 Å². The molecule has 47 heavy (non-hydrogen) atoms. The van der Waals surface area contributed by atoms with Gasteiger partial charge in [-0.1, -0.05) is 42.2 Å². The lowest BCUT2D eigenvalue weighted by Gasteiger charge is -2.07. The Labute approximate surface area is 270 Å². The number of halogens is 2. The maximum atomic E-state index is 13.6. The molecule has 10 heteroatoms. The maximum absolute atomic E-state index is 13.6. The zero-order valence-electron chi connectivity index (χ0n) is 25.8. The van der Waals surface area contributed by atoms with E-state index in [0.29, 0.717) is 36.4 Å². The first kappa shape index (κ1) is 33.0. The molecule has 0 aliphatic rings. The molecule has 0 aliphatic carbocycles. The molecule has 0 N–H and O–H groups in total. The molecule has 0 atom stereocenters. The highest BCUT2D eigenvalue weighted by Gasteiger charge is 2.13. The van der Waals surface area contributed by atoms with Gasteiger partial charge in [-0.15, -0.1) is 0 Å². The van der Waals surface area contributed by atoms with Crippen LogP contribution < -0.4 is 5.56 Å². The topological polar surface area (TPSA) is 104 Å². The summed E-state index contributed by atoms with van der Waals surface area (Å²) >= 11 is 0. The van der Waals surface area contributed by atoms with Crippen LogP contribution in [0.4, 0.5) is 8.78 Å². The number of carbonyl (C=O) groups excluding carboxylic acids is 2. The monoisotopic (exact) mass is 634 g/mol. The van der Waals surface area contributed by atoms with Gasteiger partial charge >= 0.3 is 0 Å². The Morgan fingerprint density at radius 1 is 0.894 bits per heavy atom. The molecular weight excluding hydrogens is 602 g/mol. The van der Waals surface area contributed by atoms with E-state index in [4.69, 9.17) is 4.74 Å². The Kier molecular flexibility index (Phi) is 11.0. The van der Waals surface area contributed by atoms with Crippen molar-refractivity contribution in [2.24, 2.45) is 0 Å². The van der Waals surface area contributed by atoms with Crippen molar-refractivity contribution < 1.29 is 23.1 Å². The molecule has 5 rings (SSSR count). The Morgan fingerprint density at radius 3 is 2.49 bits per heavy atom. The molecule has 2 aromatic heterocycles. The second-order valence-electron chi connectivity index (χ2n) is 11.0. The first-order valence-electron chi connectivity index (χ1n) is 15.2. The number of benzene rings is 3. The van der Waals surface area contributed by atoms with Gasteiger partial charge in [-0.05, 0) is 54.3 Å². The second kappa shape index (κ2) is 15.7. The maximum Gasteiger partial charge on any atom is 0.264 e.